The summed E-state index contributed by atoms with van der Waals surface area (Å²) in [6.07, 6.45) is 1.16. The van der Waals surface area contributed by atoms with Gasteiger partial charge in [-0.3, -0.25) is 0 Å². The van der Waals surface area contributed by atoms with Crippen LogP contribution in [0.1, 0.15) is 6.42 Å². The lowest BCUT2D eigenvalue weighted by molar-refractivity contribution is 0.197. The molecule has 13 heavy (non-hydrogen) atoms. The third-order valence-corrected chi connectivity index (χ3v) is 1.95. The van der Waals surface area contributed by atoms with Crippen molar-refractivity contribution in [2.24, 2.45) is 0 Å². The Hall–Kier alpha value is 0.170. The maximum Gasteiger partial charge on any atom is 0.0693 e. The topological polar surface area (TPSA) is 24.5 Å². The second-order valence-corrected chi connectivity index (χ2v) is 4.03. The van der Waals surface area contributed by atoms with Gasteiger partial charge in [-0.25, -0.2) is 0 Å². The first-order valence-electron chi connectivity index (χ1n) is 4.65. The van der Waals surface area contributed by atoms with Gasteiger partial charge in [0.15, 0.2) is 0 Å². The number of nitrogens with one attached hydrogen (secondary N) is 1. The largest absolute Gasteiger partial charge is 0.383 e. The van der Waals surface area contributed by atoms with Crippen LogP contribution >= 0.6 is 11.6 Å². The number of alkyl halides is 1. The minimum Gasteiger partial charge on any atom is -0.383 e. The first-order chi connectivity index (χ1) is 6.16. The van der Waals surface area contributed by atoms with Crippen LogP contribution in [0.25, 0.3) is 0 Å². The summed E-state index contributed by atoms with van der Waals surface area (Å²) in [6, 6.07) is 0. The number of halogens is 1. The number of hydrogen-bond acceptors (Lipinski definition) is 3. The van der Waals surface area contributed by atoms with Gasteiger partial charge in [-0.05, 0) is 33.6 Å². The molecule has 0 aromatic carbocycles. The van der Waals surface area contributed by atoms with Crippen molar-refractivity contribution in [1.29, 1.82) is 0 Å². The van der Waals surface area contributed by atoms with Crippen molar-refractivity contribution in [1.82, 2.24) is 10.2 Å². The van der Waals surface area contributed by atoms with Gasteiger partial charge in [0.2, 0.25) is 0 Å². The van der Waals surface area contributed by atoms with Crippen LogP contribution in [0, 0.1) is 0 Å². The van der Waals surface area contributed by atoms with E-state index in [1.165, 1.54) is 0 Å². The quantitative estimate of drug-likeness (QED) is 0.472. The fourth-order valence-corrected chi connectivity index (χ4v) is 1.25. The molecule has 0 heterocycles. The highest BCUT2D eigenvalue weighted by atomic mass is 35.5. The summed E-state index contributed by atoms with van der Waals surface area (Å²) in [5, 5.41) is 3.37. The number of methoxy groups -OCH3 is 1. The fourth-order valence-electron chi connectivity index (χ4n) is 1.02. The van der Waals surface area contributed by atoms with Gasteiger partial charge in [-0.15, -0.1) is 11.6 Å². The summed E-state index contributed by atoms with van der Waals surface area (Å²) >= 11 is 5.92. The van der Waals surface area contributed by atoms with Crippen molar-refractivity contribution < 1.29 is 4.74 Å². The smallest absolute Gasteiger partial charge is 0.0693 e. The Morgan fingerprint density at radius 2 is 2.15 bits per heavy atom. The van der Waals surface area contributed by atoms with Crippen molar-refractivity contribution >= 4 is 11.6 Å². The number of ether oxygens (including phenoxy) is 1. The summed E-state index contributed by atoms with van der Waals surface area (Å²) in [7, 11) is 5.83. The van der Waals surface area contributed by atoms with Crippen molar-refractivity contribution in [3.8, 4) is 0 Å². The molecule has 1 unspecified atom stereocenters. The first kappa shape index (κ1) is 13.2. The van der Waals surface area contributed by atoms with Crippen LogP contribution in [0.3, 0.4) is 0 Å². The summed E-state index contributed by atoms with van der Waals surface area (Å²) in [4.78, 5) is 2.18. The predicted octanol–water partition coefficient (Wildman–Crippen LogP) is 0.782. The van der Waals surface area contributed by atoms with Crippen LogP contribution in [-0.4, -0.2) is 57.7 Å². The van der Waals surface area contributed by atoms with Crippen molar-refractivity contribution in [2.75, 3.05) is 47.4 Å². The van der Waals surface area contributed by atoms with Crippen molar-refractivity contribution in [3.63, 3.8) is 0 Å². The third-order valence-electron chi connectivity index (χ3n) is 1.67. The van der Waals surface area contributed by atoms with Crippen LogP contribution in [-0.2, 0) is 4.74 Å². The van der Waals surface area contributed by atoms with Crippen LogP contribution in [0.4, 0.5) is 0 Å². The lowest BCUT2D eigenvalue weighted by Gasteiger charge is -2.11. The molecular formula is C9H21ClN2O. The molecule has 0 amide bonds. The van der Waals surface area contributed by atoms with Gasteiger partial charge in [0.05, 0.1) is 12.0 Å². The molecule has 1 atom stereocenters. The maximum atomic E-state index is 5.92. The van der Waals surface area contributed by atoms with Crippen LogP contribution < -0.4 is 5.32 Å². The lowest BCUT2D eigenvalue weighted by atomic mass is 10.4. The molecule has 80 valence electrons. The molecule has 0 aliphatic carbocycles. The molecule has 0 aliphatic rings. The average Bonchev–Trinajstić information content (AvgIpc) is 2.03. The molecule has 3 nitrogen and oxygen atoms in total. The van der Waals surface area contributed by atoms with E-state index >= 15 is 0 Å². The molecule has 0 radical (unpaired) electrons. The van der Waals surface area contributed by atoms with E-state index in [2.05, 4.69) is 24.3 Å². The molecule has 0 aromatic heterocycles. The van der Waals surface area contributed by atoms with Gasteiger partial charge >= 0.3 is 0 Å². The van der Waals surface area contributed by atoms with Crippen molar-refractivity contribution in [2.45, 2.75) is 11.8 Å². The van der Waals surface area contributed by atoms with Crippen LogP contribution in [0.2, 0.25) is 0 Å². The molecule has 0 saturated heterocycles. The predicted molar refractivity (Wildman–Crippen MR) is 57.6 cm³/mol. The summed E-state index contributed by atoms with van der Waals surface area (Å²) < 4.78 is 4.92. The lowest BCUT2D eigenvalue weighted by Crippen LogP contribution is -2.28. The monoisotopic (exact) mass is 208 g/mol. The number of rotatable bonds is 8. The van der Waals surface area contributed by atoms with E-state index < -0.39 is 0 Å². The highest BCUT2D eigenvalue weighted by molar-refractivity contribution is 6.20. The van der Waals surface area contributed by atoms with Gasteiger partial charge in [0.1, 0.15) is 0 Å². The molecule has 0 bridgehead atoms. The van der Waals surface area contributed by atoms with Crippen molar-refractivity contribution in [3.05, 3.63) is 0 Å². The van der Waals surface area contributed by atoms with Gasteiger partial charge in [0, 0.05) is 13.7 Å². The van der Waals surface area contributed by atoms with E-state index in [9.17, 15) is 0 Å². The minimum atomic E-state index is 0.0874. The zero-order chi connectivity index (χ0) is 10.1. The van der Waals surface area contributed by atoms with E-state index in [0.717, 1.165) is 26.1 Å². The third kappa shape index (κ3) is 10.1. The Labute approximate surface area is 86.4 Å². The van der Waals surface area contributed by atoms with Gasteiger partial charge in [-0.1, -0.05) is 0 Å². The highest BCUT2D eigenvalue weighted by Gasteiger charge is 2.01. The average molecular weight is 209 g/mol. The number of nitrogens with zero attached hydrogens (tertiary/aromatic N) is 1. The Balaban J connectivity index is 3.06. The van der Waals surface area contributed by atoms with E-state index in [-0.39, 0.29) is 5.38 Å². The Kier molecular flexibility index (Phi) is 8.87. The molecule has 0 aliphatic heterocycles. The second kappa shape index (κ2) is 8.75. The second-order valence-electron chi connectivity index (χ2n) is 3.41. The van der Waals surface area contributed by atoms with E-state index in [1.54, 1.807) is 7.11 Å². The fraction of sp³-hybridized carbons (Fsp3) is 1.00. The minimum absolute atomic E-state index is 0.0874. The van der Waals surface area contributed by atoms with Crippen LogP contribution in [0.5, 0.6) is 0 Å². The first-order valence-corrected chi connectivity index (χ1v) is 5.09. The number of hydrogen-bond donors (Lipinski definition) is 1. The Morgan fingerprint density at radius 3 is 2.69 bits per heavy atom. The van der Waals surface area contributed by atoms with Gasteiger partial charge < -0.3 is 15.0 Å². The zero-order valence-electron chi connectivity index (χ0n) is 8.85. The molecule has 0 fully saturated rings. The molecule has 4 heteroatoms. The van der Waals surface area contributed by atoms with Crippen LogP contribution in [0.15, 0.2) is 0 Å². The standard InChI is InChI=1S/C9H21ClN2O/c1-12(2)6-4-5-11-7-9(10)8-13-3/h9,11H,4-8H2,1-3H3. The molecule has 0 rings (SSSR count). The summed E-state index contributed by atoms with van der Waals surface area (Å²) in [5.41, 5.74) is 0. The SMILES string of the molecule is COCC(Cl)CNCCCN(C)C. The molecule has 0 saturated carbocycles. The normalized spacial score (nSPS) is 13.6. The summed E-state index contributed by atoms with van der Waals surface area (Å²) in [6.45, 7) is 3.57. The highest BCUT2D eigenvalue weighted by Crippen LogP contribution is 1.93. The maximum absolute atomic E-state index is 5.92. The van der Waals surface area contributed by atoms with Gasteiger partial charge in [0.25, 0.3) is 0 Å². The Morgan fingerprint density at radius 1 is 1.46 bits per heavy atom. The zero-order valence-corrected chi connectivity index (χ0v) is 9.60. The molecule has 0 spiro atoms. The van der Waals surface area contributed by atoms with Gasteiger partial charge in [-0.2, -0.15) is 0 Å². The van der Waals surface area contributed by atoms with E-state index in [0.29, 0.717) is 6.61 Å². The van der Waals surface area contributed by atoms with E-state index in [1.807, 2.05) is 0 Å². The Bertz CT molecular complexity index is 112. The molecule has 1 N–H and O–H groups in total. The molecular weight excluding hydrogens is 188 g/mol. The summed E-state index contributed by atoms with van der Waals surface area (Å²) in [5.74, 6) is 0. The van der Waals surface area contributed by atoms with E-state index in [4.69, 9.17) is 16.3 Å². The molecule has 0 aromatic rings.